The van der Waals surface area contributed by atoms with Crippen LogP contribution in [0.3, 0.4) is 0 Å². The summed E-state index contributed by atoms with van der Waals surface area (Å²) in [5.74, 6) is 0.160. The Balaban J connectivity index is 1.91. The minimum atomic E-state index is 0.0532. The summed E-state index contributed by atoms with van der Waals surface area (Å²) >= 11 is 3.55. The summed E-state index contributed by atoms with van der Waals surface area (Å²) in [4.78, 5) is 12.4. The lowest BCUT2D eigenvalue weighted by Crippen LogP contribution is -2.32. The van der Waals surface area contributed by atoms with Crippen LogP contribution >= 0.6 is 15.9 Å². The third-order valence-corrected chi connectivity index (χ3v) is 4.68. The summed E-state index contributed by atoms with van der Waals surface area (Å²) in [6, 6.07) is 12.3. The van der Waals surface area contributed by atoms with E-state index in [2.05, 4.69) is 39.6 Å². The molecular formula is C16H17BrN2O. The quantitative estimate of drug-likeness (QED) is 0.883. The Labute approximate surface area is 126 Å². The summed E-state index contributed by atoms with van der Waals surface area (Å²) in [7, 11) is 0. The van der Waals surface area contributed by atoms with Crippen molar-refractivity contribution in [1.29, 1.82) is 0 Å². The highest BCUT2D eigenvalue weighted by Crippen LogP contribution is 2.30. The maximum absolute atomic E-state index is 12.4. The molecule has 1 saturated heterocycles. The van der Waals surface area contributed by atoms with Crippen LogP contribution in [0.25, 0.3) is 10.8 Å². The Morgan fingerprint density at radius 2 is 2.00 bits per heavy atom. The highest BCUT2D eigenvalue weighted by atomic mass is 79.9. The van der Waals surface area contributed by atoms with E-state index in [0.717, 1.165) is 33.9 Å². The number of amides is 1. The molecule has 0 aromatic heterocycles. The van der Waals surface area contributed by atoms with E-state index in [0.29, 0.717) is 0 Å². The minimum Gasteiger partial charge on any atom is -0.325 e. The van der Waals surface area contributed by atoms with Gasteiger partial charge in [-0.2, -0.15) is 0 Å². The standard InChI is InChI=1S/C16H17BrN2O/c1-10-11(8-9-18-10)16(20)19-15-7-6-14(17)12-4-2-3-5-13(12)15/h2-7,10-11,18H,8-9H2,1H3,(H,19,20). The van der Waals surface area contributed by atoms with Crippen molar-refractivity contribution in [1.82, 2.24) is 5.32 Å². The zero-order valence-corrected chi connectivity index (χ0v) is 12.9. The first-order valence-electron chi connectivity index (χ1n) is 6.88. The smallest absolute Gasteiger partial charge is 0.229 e. The van der Waals surface area contributed by atoms with Gasteiger partial charge in [0.05, 0.1) is 5.92 Å². The third kappa shape index (κ3) is 2.45. The highest BCUT2D eigenvalue weighted by molar-refractivity contribution is 9.10. The van der Waals surface area contributed by atoms with Crippen LogP contribution in [0, 0.1) is 5.92 Å². The number of rotatable bonds is 2. The number of halogens is 1. The Bertz CT molecular complexity index is 656. The molecule has 1 amide bonds. The van der Waals surface area contributed by atoms with Crippen molar-refractivity contribution in [3.8, 4) is 0 Å². The third-order valence-electron chi connectivity index (χ3n) is 3.99. The molecule has 104 valence electrons. The zero-order valence-electron chi connectivity index (χ0n) is 11.3. The molecule has 2 atom stereocenters. The van der Waals surface area contributed by atoms with Crippen molar-refractivity contribution in [2.45, 2.75) is 19.4 Å². The van der Waals surface area contributed by atoms with Gasteiger partial charge in [0.2, 0.25) is 5.91 Å². The van der Waals surface area contributed by atoms with Crippen molar-refractivity contribution in [3.05, 3.63) is 40.9 Å². The lowest BCUT2D eigenvalue weighted by atomic mass is 10.0. The predicted molar refractivity (Wildman–Crippen MR) is 85.8 cm³/mol. The number of nitrogens with one attached hydrogen (secondary N) is 2. The van der Waals surface area contributed by atoms with E-state index in [4.69, 9.17) is 0 Å². The maximum atomic E-state index is 12.4. The van der Waals surface area contributed by atoms with Gasteiger partial charge < -0.3 is 10.6 Å². The second kappa shape index (κ2) is 5.54. The van der Waals surface area contributed by atoms with Crippen molar-refractivity contribution >= 4 is 38.3 Å². The predicted octanol–water partition coefficient (Wildman–Crippen LogP) is 3.54. The van der Waals surface area contributed by atoms with Crippen LogP contribution in [0.15, 0.2) is 40.9 Å². The maximum Gasteiger partial charge on any atom is 0.229 e. The Kier molecular flexibility index (Phi) is 3.76. The zero-order chi connectivity index (χ0) is 14.1. The van der Waals surface area contributed by atoms with E-state index in [1.165, 1.54) is 0 Å². The number of hydrogen-bond acceptors (Lipinski definition) is 2. The molecule has 0 bridgehead atoms. The fraction of sp³-hybridized carbons (Fsp3) is 0.312. The first-order valence-corrected chi connectivity index (χ1v) is 7.67. The van der Waals surface area contributed by atoms with Gasteiger partial charge in [-0.15, -0.1) is 0 Å². The highest BCUT2D eigenvalue weighted by Gasteiger charge is 2.29. The van der Waals surface area contributed by atoms with Crippen LogP contribution in [-0.4, -0.2) is 18.5 Å². The van der Waals surface area contributed by atoms with Crippen LogP contribution in [0.4, 0.5) is 5.69 Å². The lowest BCUT2D eigenvalue weighted by molar-refractivity contribution is -0.119. The molecule has 0 spiro atoms. The molecule has 1 aliphatic rings. The van der Waals surface area contributed by atoms with Gasteiger partial charge in [-0.25, -0.2) is 0 Å². The molecule has 2 aromatic carbocycles. The van der Waals surface area contributed by atoms with E-state index >= 15 is 0 Å². The topological polar surface area (TPSA) is 41.1 Å². The molecule has 2 unspecified atom stereocenters. The molecule has 2 N–H and O–H groups in total. The van der Waals surface area contributed by atoms with Crippen molar-refractivity contribution < 1.29 is 4.79 Å². The monoisotopic (exact) mass is 332 g/mol. The SMILES string of the molecule is CC1NCCC1C(=O)Nc1ccc(Br)c2ccccc12. The van der Waals surface area contributed by atoms with Gasteiger partial charge in [0, 0.05) is 21.6 Å². The van der Waals surface area contributed by atoms with Crippen LogP contribution < -0.4 is 10.6 Å². The fourth-order valence-electron chi connectivity index (χ4n) is 2.81. The lowest BCUT2D eigenvalue weighted by Gasteiger charge is -2.16. The summed E-state index contributed by atoms with van der Waals surface area (Å²) in [5.41, 5.74) is 0.882. The van der Waals surface area contributed by atoms with Gasteiger partial charge in [0.1, 0.15) is 0 Å². The fourth-order valence-corrected chi connectivity index (χ4v) is 3.29. The molecular weight excluding hydrogens is 316 g/mol. The van der Waals surface area contributed by atoms with Crippen LogP contribution in [0.5, 0.6) is 0 Å². The van der Waals surface area contributed by atoms with Gasteiger partial charge in [0.25, 0.3) is 0 Å². The van der Waals surface area contributed by atoms with Gasteiger partial charge in [0.15, 0.2) is 0 Å². The summed E-state index contributed by atoms with van der Waals surface area (Å²) in [6.45, 7) is 2.98. The molecule has 3 nitrogen and oxygen atoms in total. The summed E-state index contributed by atoms with van der Waals surface area (Å²) in [6.07, 6.45) is 0.904. The van der Waals surface area contributed by atoms with Gasteiger partial charge in [-0.05, 0) is 37.4 Å². The van der Waals surface area contributed by atoms with E-state index in [-0.39, 0.29) is 17.9 Å². The number of hydrogen-bond donors (Lipinski definition) is 2. The normalized spacial score (nSPS) is 22.1. The number of anilines is 1. The van der Waals surface area contributed by atoms with Crippen molar-refractivity contribution in [2.24, 2.45) is 5.92 Å². The van der Waals surface area contributed by atoms with Crippen molar-refractivity contribution in [3.63, 3.8) is 0 Å². The van der Waals surface area contributed by atoms with Gasteiger partial charge >= 0.3 is 0 Å². The minimum absolute atomic E-state index is 0.0532. The first-order chi connectivity index (χ1) is 9.66. The molecule has 0 radical (unpaired) electrons. The van der Waals surface area contributed by atoms with E-state index in [1.807, 2.05) is 30.3 Å². The van der Waals surface area contributed by atoms with Crippen molar-refractivity contribution in [2.75, 3.05) is 11.9 Å². The Morgan fingerprint density at radius 3 is 2.70 bits per heavy atom. The Hall–Kier alpha value is -1.39. The number of carbonyl (C=O) groups is 1. The molecule has 0 saturated carbocycles. The van der Waals surface area contributed by atoms with E-state index in [9.17, 15) is 4.79 Å². The molecule has 4 heteroatoms. The Morgan fingerprint density at radius 1 is 1.25 bits per heavy atom. The second-order valence-corrected chi connectivity index (χ2v) is 6.12. The molecule has 3 rings (SSSR count). The van der Waals surface area contributed by atoms with E-state index in [1.54, 1.807) is 0 Å². The molecule has 20 heavy (non-hydrogen) atoms. The van der Waals surface area contributed by atoms with E-state index < -0.39 is 0 Å². The largest absolute Gasteiger partial charge is 0.325 e. The molecule has 1 fully saturated rings. The average molecular weight is 333 g/mol. The van der Waals surface area contributed by atoms with Gasteiger partial charge in [-0.1, -0.05) is 40.2 Å². The first kappa shape index (κ1) is 13.6. The van der Waals surface area contributed by atoms with Crippen LogP contribution in [0.2, 0.25) is 0 Å². The molecule has 2 aromatic rings. The number of carbonyl (C=O) groups excluding carboxylic acids is 1. The number of benzene rings is 2. The molecule has 1 heterocycles. The van der Waals surface area contributed by atoms with Gasteiger partial charge in [-0.3, -0.25) is 4.79 Å². The number of fused-ring (bicyclic) bond motifs is 1. The summed E-state index contributed by atoms with van der Waals surface area (Å²) < 4.78 is 1.04. The molecule has 0 aliphatic carbocycles. The second-order valence-electron chi connectivity index (χ2n) is 5.27. The molecule has 1 aliphatic heterocycles. The van der Waals surface area contributed by atoms with Crippen LogP contribution in [0.1, 0.15) is 13.3 Å². The van der Waals surface area contributed by atoms with Crippen LogP contribution in [-0.2, 0) is 4.79 Å². The summed E-state index contributed by atoms with van der Waals surface area (Å²) in [5, 5.41) is 8.58. The average Bonchev–Trinajstić information content (AvgIpc) is 2.88.